The molecule has 0 saturated carbocycles. The zero-order valence-electron chi connectivity index (χ0n) is 30.9. The molecule has 3 atom stereocenters. The molecule has 1 fully saturated rings. The molecule has 1 N–H and O–H groups in total. The van der Waals surface area contributed by atoms with E-state index in [9.17, 15) is 5.11 Å². The van der Waals surface area contributed by atoms with Gasteiger partial charge in [-0.05, 0) is 12.8 Å². The van der Waals surface area contributed by atoms with Crippen molar-refractivity contribution >= 4 is 0 Å². The quantitative estimate of drug-likeness (QED) is 0.0688. The second-order valence-corrected chi connectivity index (χ2v) is 14.4. The molecule has 0 aromatic carbocycles. The van der Waals surface area contributed by atoms with Crippen LogP contribution in [0.25, 0.3) is 0 Å². The Kier molecular flexibility index (Phi) is 33.5. The molecule has 0 aliphatic carbocycles. The second-order valence-electron chi connectivity index (χ2n) is 14.4. The van der Waals surface area contributed by atoms with Crippen molar-refractivity contribution in [1.82, 2.24) is 0 Å². The summed E-state index contributed by atoms with van der Waals surface area (Å²) >= 11 is 0. The Bertz CT molecular complexity index is 556. The molecule has 45 heavy (non-hydrogen) atoms. The number of unbranched alkanes of at least 4 members (excludes halogenated alkanes) is 30. The molecule has 0 aromatic heterocycles. The predicted octanol–water partition coefficient (Wildman–Crippen LogP) is 12.7. The van der Waals surface area contributed by atoms with Gasteiger partial charge in [-0.1, -0.05) is 206 Å². The van der Waals surface area contributed by atoms with E-state index in [0.29, 0.717) is 6.61 Å². The molecule has 270 valence electrons. The van der Waals surface area contributed by atoms with Gasteiger partial charge in [-0.2, -0.15) is 0 Å². The molecule has 1 rings (SSSR count). The van der Waals surface area contributed by atoms with Gasteiger partial charge in [0.1, 0.15) is 18.3 Å². The number of aliphatic hydroxyl groups excluding tert-OH is 1. The normalized spacial score (nSPS) is 18.3. The molecular formula is C41H82O4. The lowest BCUT2D eigenvalue weighted by atomic mass is 10.0. The van der Waals surface area contributed by atoms with Gasteiger partial charge < -0.3 is 19.3 Å². The summed E-state index contributed by atoms with van der Waals surface area (Å²) in [6.07, 6.45) is 43.9. The van der Waals surface area contributed by atoms with Crippen molar-refractivity contribution in [1.29, 1.82) is 0 Å². The lowest BCUT2D eigenvalue weighted by molar-refractivity contribution is -0.0719. The van der Waals surface area contributed by atoms with Crippen LogP contribution >= 0.6 is 0 Å². The predicted molar refractivity (Wildman–Crippen MR) is 195 cm³/mol. The zero-order valence-corrected chi connectivity index (χ0v) is 30.9. The van der Waals surface area contributed by atoms with Crippen molar-refractivity contribution in [2.24, 2.45) is 0 Å². The molecule has 0 amide bonds. The molecule has 4 heteroatoms. The number of rotatable bonds is 37. The Labute approximate surface area is 282 Å². The Hall–Kier alpha value is -0.160. The van der Waals surface area contributed by atoms with Crippen molar-refractivity contribution in [3.63, 3.8) is 0 Å². The van der Waals surface area contributed by atoms with Crippen LogP contribution in [0.3, 0.4) is 0 Å². The molecule has 0 spiro atoms. The first kappa shape index (κ1) is 42.9. The summed E-state index contributed by atoms with van der Waals surface area (Å²) in [6.45, 7) is 6.69. The van der Waals surface area contributed by atoms with Gasteiger partial charge in [0.25, 0.3) is 0 Å². The maximum Gasteiger partial charge on any atom is 0.114 e. The third-order valence-corrected chi connectivity index (χ3v) is 10.0. The first-order chi connectivity index (χ1) is 22.3. The SMILES string of the molecule is CCCCCCCCCCCCCCCCCCOC1COC(CO)C1OCCCCCCCCCCCCCCCCCC. The van der Waals surface area contributed by atoms with Gasteiger partial charge in [0.2, 0.25) is 0 Å². The molecule has 0 aromatic rings. The van der Waals surface area contributed by atoms with E-state index in [4.69, 9.17) is 14.2 Å². The molecule has 1 saturated heterocycles. The highest BCUT2D eigenvalue weighted by Crippen LogP contribution is 2.22. The minimum atomic E-state index is -0.234. The highest BCUT2D eigenvalue weighted by Gasteiger charge is 2.38. The van der Waals surface area contributed by atoms with Gasteiger partial charge in [0.15, 0.2) is 0 Å². The fraction of sp³-hybridized carbons (Fsp3) is 1.00. The third kappa shape index (κ3) is 27.5. The molecule has 0 bridgehead atoms. The van der Waals surface area contributed by atoms with E-state index in [0.717, 1.165) is 26.1 Å². The minimum absolute atomic E-state index is 0.0164. The van der Waals surface area contributed by atoms with E-state index in [-0.39, 0.29) is 24.9 Å². The largest absolute Gasteiger partial charge is 0.394 e. The van der Waals surface area contributed by atoms with E-state index in [1.807, 2.05) is 0 Å². The van der Waals surface area contributed by atoms with Crippen molar-refractivity contribution in [2.75, 3.05) is 26.4 Å². The monoisotopic (exact) mass is 639 g/mol. The summed E-state index contributed by atoms with van der Waals surface area (Å²) in [5, 5.41) is 9.76. The molecule has 0 radical (unpaired) electrons. The van der Waals surface area contributed by atoms with Crippen molar-refractivity contribution in [3.8, 4) is 0 Å². The smallest absolute Gasteiger partial charge is 0.114 e. The highest BCUT2D eigenvalue weighted by atomic mass is 16.6. The average Bonchev–Trinajstić information content (AvgIpc) is 3.45. The first-order valence-corrected chi connectivity index (χ1v) is 20.8. The molecule has 1 heterocycles. The molecule has 1 aliphatic rings. The maximum absolute atomic E-state index is 9.76. The van der Waals surface area contributed by atoms with Crippen LogP contribution in [-0.2, 0) is 14.2 Å². The van der Waals surface area contributed by atoms with Crippen LogP contribution in [-0.4, -0.2) is 49.8 Å². The summed E-state index contributed by atoms with van der Waals surface area (Å²) in [5.41, 5.74) is 0. The summed E-state index contributed by atoms with van der Waals surface area (Å²) in [6, 6.07) is 0. The molecular weight excluding hydrogens is 556 g/mol. The van der Waals surface area contributed by atoms with Gasteiger partial charge in [-0.15, -0.1) is 0 Å². The summed E-state index contributed by atoms with van der Waals surface area (Å²) in [7, 11) is 0. The van der Waals surface area contributed by atoms with Crippen LogP contribution in [0.15, 0.2) is 0 Å². The van der Waals surface area contributed by atoms with Crippen LogP contribution in [0.1, 0.15) is 219 Å². The average molecular weight is 639 g/mol. The van der Waals surface area contributed by atoms with Crippen LogP contribution in [0.5, 0.6) is 0 Å². The van der Waals surface area contributed by atoms with E-state index in [1.54, 1.807) is 0 Å². The lowest BCUT2D eigenvalue weighted by Gasteiger charge is -2.22. The fourth-order valence-electron chi connectivity index (χ4n) is 6.92. The van der Waals surface area contributed by atoms with Crippen molar-refractivity contribution < 1.29 is 19.3 Å². The summed E-state index contributed by atoms with van der Waals surface area (Å²) in [4.78, 5) is 0. The number of hydrogen-bond acceptors (Lipinski definition) is 4. The number of aliphatic hydroxyl groups is 1. The van der Waals surface area contributed by atoms with Crippen molar-refractivity contribution in [3.05, 3.63) is 0 Å². The van der Waals surface area contributed by atoms with Crippen molar-refractivity contribution in [2.45, 2.75) is 238 Å². The van der Waals surface area contributed by atoms with E-state index >= 15 is 0 Å². The van der Waals surface area contributed by atoms with Crippen LogP contribution in [0.2, 0.25) is 0 Å². The zero-order chi connectivity index (χ0) is 32.3. The third-order valence-electron chi connectivity index (χ3n) is 10.0. The number of ether oxygens (including phenoxy) is 3. The van der Waals surface area contributed by atoms with Crippen LogP contribution in [0, 0.1) is 0 Å². The van der Waals surface area contributed by atoms with Gasteiger partial charge >= 0.3 is 0 Å². The molecule has 3 unspecified atom stereocenters. The van der Waals surface area contributed by atoms with Gasteiger partial charge in [0.05, 0.1) is 13.2 Å². The molecule has 4 nitrogen and oxygen atoms in total. The number of hydrogen-bond donors (Lipinski definition) is 1. The van der Waals surface area contributed by atoms with Crippen LogP contribution < -0.4 is 0 Å². The van der Waals surface area contributed by atoms with Gasteiger partial charge in [0, 0.05) is 13.2 Å². The van der Waals surface area contributed by atoms with Crippen LogP contribution in [0.4, 0.5) is 0 Å². The highest BCUT2D eigenvalue weighted by molar-refractivity contribution is 4.85. The second kappa shape index (κ2) is 35.2. The first-order valence-electron chi connectivity index (χ1n) is 20.8. The maximum atomic E-state index is 9.76. The topological polar surface area (TPSA) is 47.9 Å². The Balaban J connectivity index is 1.88. The van der Waals surface area contributed by atoms with Gasteiger partial charge in [-0.3, -0.25) is 0 Å². The van der Waals surface area contributed by atoms with Gasteiger partial charge in [-0.25, -0.2) is 0 Å². The fourth-order valence-corrected chi connectivity index (χ4v) is 6.92. The Morgan fingerprint density at radius 3 is 1.02 bits per heavy atom. The minimum Gasteiger partial charge on any atom is -0.394 e. The lowest BCUT2D eigenvalue weighted by Crippen LogP contribution is -2.37. The van der Waals surface area contributed by atoms with E-state index in [1.165, 1.54) is 193 Å². The molecule has 1 aliphatic heterocycles. The Morgan fingerprint density at radius 2 is 0.711 bits per heavy atom. The summed E-state index contributed by atoms with van der Waals surface area (Å²) < 4.78 is 18.2. The standard InChI is InChI=1S/C41H82O4/c1-3-5-7-9-11-13-15-17-19-21-23-25-27-29-31-33-35-43-40-38-45-39(37-42)41(40)44-36-34-32-30-28-26-24-22-20-18-16-14-12-10-8-6-4-2/h39-42H,3-38H2,1-2H3. The summed E-state index contributed by atoms with van der Waals surface area (Å²) in [5.74, 6) is 0. The van der Waals surface area contributed by atoms with E-state index < -0.39 is 0 Å². The Morgan fingerprint density at radius 1 is 0.422 bits per heavy atom. The van der Waals surface area contributed by atoms with E-state index in [2.05, 4.69) is 13.8 Å².